The van der Waals surface area contributed by atoms with Crippen LogP contribution in [0.25, 0.3) is 10.9 Å². The number of carbonyl (C=O) groups is 1. The van der Waals surface area contributed by atoms with E-state index in [-0.39, 0.29) is 23.2 Å². The van der Waals surface area contributed by atoms with Gasteiger partial charge in [-0.25, -0.2) is 13.6 Å². The molecule has 5 nitrogen and oxygen atoms in total. The summed E-state index contributed by atoms with van der Waals surface area (Å²) in [5.74, 6) is -1.69. The lowest BCUT2D eigenvalue weighted by molar-refractivity contribution is 0.0412. The van der Waals surface area contributed by atoms with Crippen LogP contribution in [-0.2, 0) is 12.8 Å². The molecule has 1 fully saturated rings. The number of benzene rings is 2. The molecule has 1 aliphatic carbocycles. The van der Waals surface area contributed by atoms with E-state index in [1.807, 2.05) is 6.20 Å². The molecular formula is C26H28F2N2O3. The lowest BCUT2D eigenvalue weighted by Crippen LogP contribution is -2.51. The van der Waals surface area contributed by atoms with Crippen molar-refractivity contribution in [2.45, 2.75) is 57.0 Å². The third-order valence-electron chi connectivity index (χ3n) is 7.16. The highest BCUT2D eigenvalue weighted by Crippen LogP contribution is 2.35. The third-order valence-corrected chi connectivity index (χ3v) is 7.16. The minimum Gasteiger partial charge on any atom is -0.489 e. The zero-order valence-corrected chi connectivity index (χ0v) is 18.4. The second kappa shape index (κ2) is 9.14. The van der Waals surface area contributed by atoms with Crippen LogP contribution in [0.1, 0.15) is 53.6 Å². The van der Waals surface area contributed by atoms with Crippen LogP contribution in [0.3, 0.4) is 0 Å². The van der Waals surface area contributed by atoms with Gasteiger partial charge in [-0.05, 0) is 81.0 Å². The fraction of sp³-hybridized carbons (Fsp3) is 0.423. The quantitative estimate of drug-likeness (QED) is 0.452. The number of H-pyrrole nitrogens is 1. The van der Waals surface area contributed by atoms with E-state index in [1.54, 1.807) is 12.1 Å². The predicted octanol–water partition coefficient (Wildman–Crippen LogP) is 5.33. The highest BCUT2D eigenvalue weighted by atomic mass is 19.1. The Kier molecular flexibility index (Phi) is 6.06. The van der Waals surface area contributed by atoms with Gasteiger partial charge in [-0.3, -0.25) is 4.90 Å². The molecule has 1 saturated carbocycles. The van der Waals surface area contributed by atoms with Crippen molar-refractivity contribution in [2.75, 3.05) is 13.2 Å². The van der Waals surface area contributed by atoms with Gasteiger partial charge in [-0.15, -0.1) is 0 Å². The number of hydrogen-bond acceptors (Lipinski definition) is 3. The predicted molar refractivity (Wildman–Crippen MR) is 122 cm³/mol. The Balaban J connectivity index is 1.26. The summed E-state index contributed by atoms with van der Waals surface area (Å²) in [6.07, 6.45) is 8.68. The Labute approximate surface area is 191 Å². The van der Waals surface area contributed by atoms with Crippen LogP contribution in [0, 0.1) is 11.6 Å². The van der Waals surface area contributed by atoms with Gasteiger partial charge in [0.15, 0.2) is 11.6 Å². The first-order chi connectivity index (χ1) is 16.0. The first-order valence-corrected chi connectivity index (χ1v) is 11.7. The Morgan fingerprint density at radius 3 is 2.76 bits per heavy atom. The smallest absolute Gasteiger partial charge is 0.336 e. The highest BCUT2D eigenvalue weighted by molar-refractivity contribution is 5.90. The van der Waals surface area contributed by atoms with Crippen LogP contribution in [0.15, 0.2) is 36.5 Å². The number of aromatic amines is 1. The summed E-state index contributed by atoms with van der Waals surface area (Å²) in [6, 6.07) is 7.81. The Bertz CT molecular complexity index is 1170. The van der Waals surface area contributed by atoms with Crippen LogP contribution in [0.2, 0.25) is 0 Å². The molecule has 0 amide bonds. The number of halogens is 2. The average Bonchev–Trinajstić information content (AvgIpc) is 3.16. The molecule has 2 N–H and O–H groups in total. The summed E-state index contributed by atoms with van der Waals surface area (Å²) in [5.41, 5.74) is 2.65. The van der Waals surface area contributed by atoms with Gasteiger partial charge in [-0.2, -0.15) is 0 Å². The maximum atomic E-state index is 14.2. The van der Waals surface area contributed by atoms with Gasteiger partial charge < -0.3 is 14.8 Å². The molecule has 3 aromatic rings. The zero-order chi connectivity index (χ0) is 22.9. The minimum atomic E-state index is -1.05. The molecule has 33 heavy (non-hydrogen) atoms. The van der Waals surface area contributed by atoms with Crippen molar-refractivity contribution in [1.29, 1.82) is 0 Å². The number of ether oxygens (including phenoxy) is 1. The second-order valence-corrected chi connectivity index (χ2v) is 9.16. The first-order valence-electron chi connectivity index (χ1n) is 11.7. The van der Waals surface area contributed by atoms with E-state index in [9.17, 15) is 18.7 Å². The Hall–Kier alpha value is -2.93. The van der Waals surface area contributed by atoms with Crippen molar-refractivity contribution >= 4 is 16.9 Å². The molecule has 2 aliphatic rings. The van der Waals surface area contributed by atoms with Gasteiger partial charge in [0.05, 0.1) is 5.56 Å². The molecule has 7 heteroatoms. The van der Waals surface area contributed by atoms with Crippen LogP contribution >= 0.6 is 0 Å². The minimum absolute atomic E-state index is 0.0323. The number of rotatable bonds is 8. The second-order valence-electron chi connectivity index (χ2n) is 9.16. The zero-order valence-electron chi connectivity index (χ0n) is 18.4. The number of carboxylic acids is 1. The van der Waals surface area contributed by atoms with Crippen molar-refractivity contribution in [2.24, 2.45) is 0 Å². The van der Waals surface area contributed by atoms with E-state index in [1.165, 1.54) is 24.6 Å². The maximum absolute atomic E-state index is 14.2. The van der Waals surface area contributed by atoms with Gasteiger partial charge in [-0.1, -0.05) is 6.42 Å². The molecular weight excluding hydrogens is 426 g/mol. The van der Waals surface area contributed by atoms with Crippen LogP contribution in [0.4, 0.5) is 8.78 Å². The van der Waals surface area contributed by atoms with E-state index in [2.05, 4.69) is 9.88 Å². The molecule has 0 radical (unpaired) electrons. The molecule has 0 saturated heterocycles. The summed E-state index contributed by atoms with van der Waals surface area (Å²) in [5, 5.41) is 10.5. The summed E-state index contributed by atoms with van der Waals surface area (Å²) >= 11 is 0. The third kappa shape index (κ3) is 4.34. The van der Waals surface area contributed by atoms with Crippen LogP contribution in [0.5, 0.6) is 5.75 Å². The first kappa shape index (κ1) is 21.9. The lowest BCUT2D eigenvalue weighted by Gasteiger charge is -2.44. The SMILES string of the molecule is O=C(O)c1ccc(F)c2c1C[C@@H](N(CCCCc1c[nH]c3ccc(F)cc13)C1CCC1)CO2. The van der Waals surface area contributed by atoms with Crippen molar-refractivity contribution in [1.82, 2.24) is 9.88 Å². The van der Waals surface area contributed by atoms with Gasteiger partial charge in [0, 0.05) is 34.7 Å². The van der Waals surface area contributed by atoms with Gasteiger partial charge in [0.25, 0.3) is 0 Å². The molecule has 5 rings (SSSR count). The molecule has 1 atom stereocenters. The number of nitrogens with zero attached hydrogens (tertiary/aromatic N) is 1. The normalized spacial score (nSPS) is 18.2. The number of carboxylic acid groups (broad SMARTS) is 1. The molecule has 0 spiro atoms. The van der Waals surface area contributed by atoms with Crippen molar-refractivity contribution in [3.8, 4) is 5.75 Å². The molecule has 0 bridgehead atoms. The number of aromatic carboxylic acids is 1. The van der Waals surface area contributed by atoms with Crippen molar-refractivity contribution in [3.63, 3.8) is 0 Å². The van der Waals surface area contributed by atoms with Crippen LogP contribution < -0.4 is 4.74 Å². The van der Waals surface area contributed by atoms with Gasteiger partial charge in [0.2, 0.25) is 0 Å². The fourth-order valence-corrected chi connectivity index (χ4v) is 5.19. The van der Waals surface area contributed by atoms with Crippen molar-refractivity contribution < 1.29 is 23.4 Å². The number of unbranched alkanes of at least 4 members (excludes halogenated alkanes) is 1. The monoisotopic (exact) mass is 454 g/mol. The van der Waals surface area contributed by atoms with Gasteiger partial charge >= 0.3 is 5.97 Å². The van der Waals surface area contributed by atoms with E-state index < -0.39 is 11.8 Å². The molecule has 174 valence electrons. The molecule has 2 heterocycles. The number of hydrogen-bond donors (Lipinski definition) is 2. The number of aromatic nitrogens is 1. The average molecular weight is 455 g/mol. The van der Waals surface area contributed by atoms with Gasteiger partial charge in [0.1, 0.15) is 12.4 Å². The summed E-state index contributed by atoms with van der Waals surface area (Å²) in [7, 11) is 0. The molecule has 1 aromatic heterocycles. The lowest BCUT2D eigenvalue weighted by atomic mass is 9.87. The summed E-state index contributed by atoms with van der Waals surface area (Å²) in [4.78, 5) is 17.3. The molecule has 0 unspecified atom stereocenters. The fourth-order valence-electron chi connectivity index (χ4n) is 5.19. The van der Waals surface area contributed by atoms with Crippen molar-refractivity contribution in [3.05, 3.63) is 64.9 Å². The standard InChI is InChI=1S/C26H28F2N2O3/c27-17-7-10-24-21(12-17)16(14-29-24)4-1-2-11-30(18-5-3-6-18)19-13-22-20(26(31)32)8-9-23(28)25(22)33-15-19/h7-10,12,14,18-19,29H,1-6,11,13,15H2,(H,31,32)/t19-/m1/s1. The van der Waals surface area contributed by atoms with E-state index >= 15 is 0 Å². The summed E-state index contributed by atoms with van der Waals surface area (Å²) in [6.45, 7) is 1.24. The molecule has 1 aliphatic heterocycles. The van der Waals surface area contributed by atoms with E-state index in [4.69, 9.17) is 4.74 Å². The number of aryl methyl sites for hydroxylation is 1. The molecule has 2 aromatic carbocycles. The topological polar surface area (TPSA) is 65.6 Å². The maximum Gasteiger partial charge on any atom is 0.336 e. The number of nitrogens with one attached hydrogen (secondary N) is 1. The van der Waals surface area contributed by atoms with Crippen LogP contribution in [-0.4, -0.2) is 46.2 Å². The largest absolute Gasteiger partial charge is 0.489 e. The Morgan fingerprint density at radius 1 is 1.15 bits per heavy atom. The van der Waals surface area contributed by atoms with E-state index in [0.29, 0.717) is 24.6 Å². The highest BCUT2D eigenvalue weighted by Gasteiger charge is 2.35. The summed E-state index contributed by atoms with van der Waals surface area (Å²) < 4.78 is 33.6. The Morgan fingerprint density at radius 2 is 2.00 bits per heavy atom. The van der Waals surface area contributed by atoms with E-state index in [0.717, 1.165) is 55.1 Å². The number of fused-ring (bicyclic) bond motifs is 2.